The molecule has 0 saturated heterocycles. The van der Waals surface area contributed by atoms with E-state index in [1.807, 2.05) is 20.8 Å². The second-order valence-electron chi connectivity index (χ2n) is 4.91. The average Bonchev–Trinajstić information content (AvgIpc) is 2.98. The van der Waals surface area contributed by atoms with Crippen molar-refractivity contribution in [1.29, 1.82) is 0 Å². The highest BCUT2D eigenvalue weighted by Crippen LogP contribution is 2.35. The minimum atomic E-state index is -0.813. The van der Waals surface area contributed by atoms with E-state index in [1.165, 1.54) is 0 Å². The zero-order valence-electron chi connectivity index (χ0n) is 10.8. The highest BCUT2D eigenvalue weighted by molar-refractivity contribution is 5.80. The molecule has 1 rings (SSSR count). The molecule has 0 aromatic carbocycles. The summed E-state index contributed by atoms with van der Waals surface area (Å²) in [6, 6.07) is -0.414. The lowest BCUT2D eigenvalue weighted by Crippen LogP contribution is -2.48. The van der Waals surface area contributed by atoms with Gasteiger partial charge in [-0.2, -0.15) is 0 Å². The van der Waals surface area contributed by atoms with E-state index in [-0.39, 0.29) is 24.4 Å². The number of carbonyl (C=O) groups is 2. The molecule has 0 spiro atoms. The summed E-state index contributed by atoms with van der Waals surface area (Å²) in [5.74, 6) is -0.695. The van der Waals surface area contributed by atoms with Crippen LogP contribution >= 0.6 is 0 Å². The maximum absolute atomic E-state index is 11.6. The van der Waals surface area contributed by atoms with Crippen molar-refractivity contribution < 1.29 is 14.7 Å². The summed E-state index contributed by atoms with van der Waals surface area (Å²) in [5.41, 5.74) is 0. The van der Waals surface area contributed by atoms with Gasteiger partial charge in [-0.05, 0) is 39.2 Å². The third kappa shape index (κ3) is 4.34. The van der Waals surface area contributed by atoms with Gasteiger partial charge in [0, 0.05) is 6.04 Å². The number of likely N-dealkylation sites (N-methyl/N-ethyl adjacent to an activating group) is 1. The fraction of sp³-hybridized carbons (Fsp3) is 0.833. The molecule has 0 aromatic heterocycles. The highest BCUT2D eigenvalue weighted by atomic mass is 16.4. The van der Waals surface area contributed by atoms with Gasteiger partial charge in [0.25, 0.3) is 0 Å². The molecule has 1 fully saturated rings. The van der Waals surface area contributed by atoms with Gasteiger partial charge >= 0.3 is 5.97 Å². The highest BCUT2D eigenvalue weighted by Gasteiger charge is 2.40. The maximum atomic E-state index is 11.6. The predicted octanol–water partition coefficient (Wildman–Crippen LogP) is 0.696. The van der Waals surface area contributed by atoms with Crippen LogP contribution in [0.15, 0.2) is 0 Å². The number of nitrogens with one attached hydrogen (secondary N) is 1. The molecule has 5 nitrogen and oxygen atoms in total. The van der Waals surface area contributed by atoms with Crippen LogP contribution in [0.4, 0.5) is 0 Å². The summed E-state index contributed by atoms with van der Waals surface area (Å²) in [6.45, 7) is 6.43. The summed E-state index contributed by atoms with van der Waals surface area (Å²) < 4.78 is 0. The zero-order valence-corrected chi connectivity index (χ0v) is 10.8. The lowest BCUT2D eigenvalue weighted by molar-refractivity contribution is -0.144. The molecule has 2 N–H and O–H groups in total. The van der Waals surface area contributed by atoms with Gasteiger partial charge in [0.2, 0.25) is 5.91 Å². The topological polar surface area (TPSA) is 69.6 Å². The molecule has 98 valence electrons. The molecule has 0 heterocycles. The average molecular weight is 242 g/mol. The maximum Gasteiger partial charge on any atom is 0.321 e. The molecule has 1 unspecified atom stereocenters. The summed E-state index contributed by atoms with van der Waals surface area (Å²) in [5, 5.41) is 12.0. The van der Waals surface area contributed by atoms with Crippen LogP contribution in [0.5, 0.6) is 0 Å². The number of hydrogen-bond donors (Lipinski definition) is 2. The van der Waals surface area contributed by atoms with Crippen LogP contribution in [-0.4, -0.2) is 47.1 Å². The second-order valence-corrected chi connectivity index (χ2v) is 4.91. The normalized spacial score (nSPS) is 17.2. The Balaban J connectivity index is 2.56. The van der Waals surface area contributed by atoms with Gasteiger partial charge in [-0.3, -0.25) is 14.5 Å². The fourth-order valence-electron chi connectivity index (χ4n) is 2.03. The number of carboxylic acid groups (broad SMARTS) is 1. The van der Waals surface area contributed by atoms with Gasteiger partial charge < -0.3 is 10.4 Å². The van der Waals surface area contributed by atoms with Gasteiger partial charge in [-0.25, -0.2) is 0 Å². The monoisotopic (exact) mass is 242 g/mol. The Morgan fingerprint density at radius 1 is 1.41 bits per heavy atom. The SMILES string of the molecule is CCN(CC(=O)NC(C)C)C(C(=O)O)C1CC1. The first kappa shape index (κ1) is 14.0. The van der Waals surface area contributed by atoms with Crippen LogP contribution in [0.2, 0.25) is 0 Å². The first-order chi connectivity index (χ1) is 7.95. The van der Waals surface area contributed by atoms with Crippen LogP contribution in [0, 0.1) is 5.92 Å². The smallest absolute Gasteiger partial charge is 0.321 e. The van der Waals surface area contributed by atoms with Gasteiger partial charge in [0.15, 0.2) is 0 Å². The molecule has 0 aliphatic heterocycles. The van der Waals surface area contributed by atoms with E-state index in [9.17, 15) is 14.7 Å². The molecule has 1 saturated carbocycles. The van der Waals surface area contributed by atoms with Gasteiger partial charge in [-0.1, -0.05) is 6.92 Å². The van der Waals surface area contributed by atoms with Crippen molar-refractivity contribution in [2.24, 2.45) is 5.92 Å². The van der Waals surface area contributed by atoms with Crippen molar-refractivity contribution in [1.82, 2.24) is 10.2 Å². The Morgan fingerprint density at radius 3 is 2.35 bits per heavy atom. The number of carboxylic acids is 1. The molecule has 1 aliphatic carbocycles. The summed E-state index contributed by atoms with van der Waals surface area (Å²) >= 11 is 0. The van der Waals surface area contributed by atoms with Gasteiger partial charge in [0.1, 0.15) is 6.04 Å². The fourth-order valence-corrected chi connectivity index (χ4v) is 2.03. The number of nitrogens with zero attached hydrogens (tertiary/aromatic N) is 1. The molecular formula is C12H22N2O3. The lowest BCUT2D eigenvalue weighted by Gasteiger charge is -2.27. The van der Waals surface area contributed by atoms with Gasteiger partial charge in [0.05, 0.1) is 6.54 Å². The number of amides is 1. The summed E-state index contributed by atoms with van der Waals surface area (Å²) in [4.78, 5) is 24.6. The number of hydrogen-bond acceptors (Lipinski definition) is 3. The molecule has 0 bridgehead atoms. The van der Waals surface area contributed by atoms with Crippen LogP contribution in [0.25, 0.3) is 0 Å². The molecule has 1 atom stereocenters. The first-order valence-corrected chi connectivity index (χ1v) is 6.22. The molecule has 17 heavy (non-hydrogen) atoms. The Kier molecular flexibility index (Phi) is 4.93. The molecular weight excluding hydrogens is 220 g/mol. The number of aliphatic carboxylic acids is 1. The van der Waals surface area contributed by atoms with Crippen LogP contribution < -0.4 is 5.32 Å². The Labute approximate surface area is 102 Å². The van der Waals surface area contributed by atoms with Crippen molar-refractivity contribution in [2.45, 2.75) is 45.7 Å². The van der Waals surface area contributed by atoms with Crippen molar-refractivity contribution in [2.75, 3.05) is 13.1 Å². The molecule has 0 radical (unpaired) electrons. The minimum Gasteiger partial charge on any atom is -0.480 e. The van der Waals surface area contributed by atoms with E-state index in [0.29, 0.717) is 6.54 Å². The van der Waals surface area contributed by atoms with Gasteiger partial charge in [-0.15, -0.1) is 0 Å². The van der Waals surface area contributed by atoms with E-state index in [4.69, 9.17) is 0 Å². The van der Waals surface area contributed by atoms with E-state index < -0.39 is 12.0 Å². The third-order valence-electron chi connectivity index (χ3n) is 2.92. The summed E-state index contributed by atoms with van der Waals surface area (Å²) in [7, 11) is 0. The molecule has 1 aliphatic rings. The van der Waals surface area contributed by atoms with Crippen LogP contribution in [0.1, 0.15) is 33.6 Å². The van der Waals surface area contributed by atoms with Crippen molar-refractivity contribution in [3.05, 3.63) is 0 Å². The van der Waals surface area contributed by atoms with Crippen molar-refractivity contribution in [3.63, 3.8) is 0 Å². The first-order valence-electron chi connectivity index (χ1n) is 6.22. The largest absolute Gasteiger partial charge is 0.480 e. The predicted molar refractivity (Wildman–Crippen MR) is 64.7 cm³/mol. The quantitative estimate of drug-likeness (QED) is 0.689. The van der Waals surface area contributed by atoms with Crippen LogP contribution in [-0.2, 0) is 9.59 Å². The van der Waals surface area contributed by atoms with E-state index >= 15 is 0 Å². The molecule has 0 aromatic rings. The number of carbonyl (C=O) groups excluding carboxylic acids is 1. The Morgan fingerprint density at radius 2 is 2.00 bits per heavy atom. The third-order valence-corrected chi connectivity index (χ3v) is 2.92. The molecule has 5 heteroatoms. The van der Waals surface area contributed by atoms with Crippen molar-refractivity contribution in [3.8, 4) is 0 Å². The van der Waals surface area contributed by atoms with E-state index in [1.54, 1.807) is 4.90 Å². The second kappa shape index (κ2) is 6.00. The minimum absolute atomic E-state index is 0.0883. The Bertz CT molecular complexity index is 287. The van der Waals surface area contributed by atoms with E-state index in [0.717, 1.165) is 12.8 Å². The number of rotatable bonds is 7. The van der Waals surface area contributed by atoms with Crippen molar-refractivity contribution >= 4 is 11.9 Å². The zero-order chi connectivity index (χ0) is 13.0. The summed E-state index contributed by atoms with van der Waals surface area (Å²) in [6.07, 6.45) is 1.92. The Hall–Kier alpha value is -1.10. The standard InChI is InChI=1S/C12H22N2O3/c1-4-14(7-10(15)13-8(2)3)11(12(16)17)9-5-6-9/h8-9,11H,4-7H2,1-3H3,(H,13,15)(H,16,17). The lowest BCUT2D eigenvalue weighted by atomic mass is 10.1. The van der Waals surface area contributed by atoms with Crippen LogP contribution in [0.3, 0.4) is 0 Å². The van der Waals surface area contributed by atoms with E-state index in [2.05, 4.69) is 5.32 Å². The molecule has 1 amide bonds.